The maximum atomic E-state index is 11.1. The minimum atomic E-state index is -2.81. The van der Waals surface area contributed by atoms with Crippen LogP contribution in [0.5, 0.6) is 0 Å². The van der Waals surface area contributed by atoms with Crippen LogP contribution in [0.2, 0.25) is 0 Å². The van der Waals surface area contributed by atoms with Gasteiger partial charge in [0, 0.05) is 6.04 Å². The van der Waals surface area contributed by atoms with Crippen LogP contribution in [-0.2, 0) is 9.84 Å². The quantitative estimate of drug-likeness (QED) is 0.614. The second-order valence-corrected chi connectivity index (χ2v) is 5.80. The van der Waals surface area contributed by atoms with E-state index in [4.69, 9.17) is 5.73 Å². The molecule has 0 aromatic carbocycles. The Hall–Kier alpha value is -0.0900. The summed E-state index contributed by atoms with van der Waals surface area (Å²) >= 11 is 0. The lowest BCUT2D eigenvalue weighted by Gasteiger charge is -2.16. The summed E-state index contributed by atoms with van der Waals surface area (Å²) < 4.78 is 22.2. The summed E-state index contributed by atoms with van der Waals surface area (Å²) in [6, 6.07) is -0.139. The van der Waals surface area contributed by atoms with Gasteiger partial charge in [-0.15, -0.1) is 0 Å². The van der Waals surface area contributed by atoms with Gasteiger partial charge in [0.2, 0.25) is 0 Å². The Balaban J connectivity index is 2.75. The van der Waals surface area contributed by atoms with Gasteiger partial charge in [0.1, 0.15) is 0 Å². The van der Waals surface area contributed by atoms with Gasteiger partial charge < -0.3 is 5.73 Å². The molecule has 0 aromatic heterocycles. The molecule has 1 aliphatic heterocycles. The molecule has 1 saturated heterocycles. The summed E-state index contributed by atoms with van der Waals surface area (Å²) in [5.41, 5.74) is 5.68. The van der Waals surface area contributed by atoms with Gasteiger partial charge in [-0.05, 0) is 11.8 Å². The number of nitrogens with two attached hydrogens (primary N) is 1. The van der Waals surface area contributed by atoms with E-state index in [1.807, 2.05) is 13.8 Å². The average molecular weight is 177 g/mol. The van der Waals surface area contributed by atoms with Crippen molar-refractivity contribution in [3.8, 4) is 0 Å². The largest absolute Gasteiger partial charge is 0.326 e. The van der Waals surface area contributed by atoms with Crippen LogP contribution in [0, 0.1) is 11.8 Å². The molecule has 1 fully saturated rings. The van der Waals surface area contributed by atoms with Crippen LogP contribution in [0.25, 0.3) is 0 Å². The predicted molar refractivity (Wildman–Crippen MR) is 45.0 cm³/mol. The van der Waals surface area contributed by atoms with E-state index in [2.05, 4.69) is 0 Å². The van der Waals surface area contributed by atoms with Crippen molar-refractivity contribution in [3.63, 3.8) is 0 Å². The van der Waals surface area contributed by atoms with Crippen molar-refractivity contribution in [2.75, 3.05) is 11.5 Å². The Morgan fingerprint density at radius 3 is 2.09 bits per heavy atom. The van der Waals surface area contributed by atoms with Crippen LogP contribution in [0.1, 0.15) is 13.8 Å². The van der Waals surface area contributed by atoms with Crippen molar-refractivity contribution in [1.82, 2.24) is 0 Å². The summed E-state index contributed by atoms with van der Waals surface area (Å²) in [4.78, 5) is 0. The molecule has 2 atom stereocenters. The third-order valence-electron chi connectivity index (χ3n) is 2.30. The first-order valence-corrected chi connectivity index (χ1v) is 5.70. The normalized spacial score (nSPS) is 36.4. The summed E-state index contributed by atoms with van der Waals surface area (Å²) in [5.74, 6) is 1.00. The maximum Gasteiger partial charge on any atom is 0.152 e. The molecule has 3 nitrogen and oxygen atoms in total. The summed E-state index contributed by atoms with van der Waals surface area (Å²) in [5, 5.41) is 0. The first-order chi connectivity index (χ1) is 4.92. The standard InChI is InChI=1S/C7H15NO2S/c1-5(2)6-3-11(9,10)4-7(6)8/h5-7H,3-4,8H2,1-2H3. The molecule has 2 unspecified atom stereocenters. The number of rotatable bonds is 1. The fraction of sp³-hybridized carbons (Fsp3) is 1.00. The fourth-order valence-corrected chi connectivity index (χ4v) is 3.78. The molecule has 11 heavy (non-hydrogen) atoms. The molecule has 0 amide bonds. The van der Waals surface area contributed by atoms with Gasteiger partial charge in [-0.3, -0.25) is 0 Å². The van der Waals surface area contributed by atoms with E-state index in [1.165, 1.54) is 0 Å². The van der Waals surface area contributed by atoms with E-state index in [0.29, 0.717) is 5.92 Å². The Morgan fingerprint density at radius 2 is 1.91 bits per heavy atom. The van der Waals surface area contributed by atoms with Crippen molar-refractivity contribution >= 4 is 9.84 Å². The highest BCUT2D eigenvalue weighted by Crippen LogP contribution is 2.24. The molecule has 66 valence electrons. The van der Waals surface area contributed by atoms with Crippen LogP contribution in [0.3, 0.4) is 0 Å². The average Bonchev–Trinajstić information content (AvgIpc) is 2.05. The maximum absolute atomic E-state index is 11.1. The third-order valence-corrected chi connectivity index (χ3v) is 4.08. The SMILES string of the molecule is CC(C)C1CS(=O)(=O)CC1N. The molecule has 4 heteroatoms. The van der Waals surface area contributed by atoms with Gasteiger partial charge in [-0.1, -0.05) is 13.8 Å². The Labute approximate surface area is 67.9 Å². The van der Waals surface area contributed by atoms with E-state index in [0.717, 1.165) is 0 Å². The molecule has 1 aliphatic rings. The van der Waals surface area contributed by atoms with Gasteiger partial charge in [0.25, 0.3) is 0 Å². The fourth-order valence-electron chi connectivity index (χ4n) is 1.59. The topological polar surface area (TPSA) is 60.2 Å². The molecular weight excluding hydrogens is 162 g/mol. The first kappa shape index (κ1) is 9.00. The van der Waals surface area contributed by atoms with Crippen LogP contribution < -0.4 is 5.73 Å². The predicted octanol–water partition coefficient (Wildman–Crippen LogP) is 0.0143. The van der Waals surface area contributed by atoms with E-state index < -0.39 is 9.84 Å². The Morgan fingerprint density at radius 1 is 1.36 bits per heavy atom. The highest BCUT2D eigenvalue weighted by molar-refractivity contribution is 7.91. The second-order valence-electron chi connectivity index (χ2n) is 3.65. The second kappa shape index (κ2) is 2.75. The lowest BCUT2D eigenvalue weighted by Crippen LogP contribution is -2.31. The van der Waals surface area contributed by atoms with Crippen molar-refractivity contribution in [3.05, 3.63) is 0 Å². The molecule has 0 spiro atoms. The first-order valence-electron chi connectivity index (χ1n) is 3.88. The van der Waals surface area contributed by atoms with Crippen LogP contribution in [-0.4, -0.2) is 26.0 Å². The number of hydrogen-bond acceptors (Lipinski definition) is 3. The summed E-state index contributed by atoms with van der Waals surface area (Å²) in [7, 11) is -2.81. The summed E-state index contributed by atoms with van der Waals surface area (Å²) in [6.45, 7) is 4.04. The molecule has 2 N–H and O–H groups in total. The van der Waals surface area contributed by atoms with Crippen molar-refractivity contribution in [1.29, 1.82) is 0 Å². The molecular formula is C7H15NO2S. The van der Waals surface area contributed by atoms with E-state index in [1.54, 1.807) is 0 Å². The van der Waals surface area contributed by atoms with Crippen molar-refractivity contribution in [2.24, 2.45) is 17.6 Å². The van der Waals surface area contributed by atoms with Gasteiger partial charge in [0.05, 0.1) is 11.5 Å². The number of sulfone groups is 1. The minimum Gasteiger partial charge on any atom is -0.326 e. The Kier molecular flexibility index (Phi) is 2.25. The zero-order valence-corrected chi connectivity index (χ0v) is 7.76. The molecule has 0 radical (unpaired) electrons. The molecule has 1 rings (SSSR count). The van der Waals surface area contributed by atoms with Gasteiger partial charge >= 0.3 is 0 Å². The zero-order valence-electron chi connectivity index (χ0n) is 6.95. The molecule has 0 saturated carbocycles. The lowest BCUT2D eigenvalue weighted by atomic mass is 9.92. The van der Waals surface area contributed by atoms with E-state index in [-0.39, 0.29) is 23.5 Å². The third kappa shape index (κ3) is 1.93. The lowest BCUT2D eigenvalue weighted by molar-refractivity contribution is 0.385. The number of hydrogen-bond donors (Lipinski definition) is 1. The van der Waals surface area contributed by atoms with Crippen LogP contribution in [0.15, 0.2) is 0 Å². The smallest absolute Gasteiger partial charge is 0.152 e. The van der Waals surface area contributed by atoms with Crippen molar-refractivity contribution < 1.29 is 8.42 Å². The Bertz CT molecular complexity index is 233. The highest BCUT2D eigenvalue weighted by atomic mass is 32.2. The molecule has 0 aromatic rings. The van der Waals surface area contributed by atoms with Crippen molar-refractivity contribution in [2.45, 2.75) is 19.9 Å². The van der Waals surface area contributed by atoms with Gasteiger partial charge in [-0.2, -0.15) is 0 Å². The van der Waals surface area contributed by atoms with E-state index in [9.17, 15) is 8.42 Å². The van der Waals surface area contributed by atoms with Gasteiger partial charge in [-0.25, -0.2) is 8.42 Å². The molecule has 0 bridgehead atoms. The summed E-state index contributed by atoms with van der Waals surface area (Å²) in [6.07, 6.45) is 0. The van der Waals surface area contributed by atoms with Crippen LogP contribution >= 0.6 is 0 Å². The van der Waals surface area contributed by atoms with Gasteiger partial charge in [0.15, 0.2) is 9.84 Å². The van der Waals surface area contributed by atoms with Crippen LogP contribution in [0.4, 0.5) is 0 Å². The molecule has 0 aliphatic carbocycles. The highest BCUT2D eigenvalue weighted by Gasteiger charge is 2.36. The monoisotopic (exact) mass is 177 g/mol. The zero-order chi connectivity index (χ0) is 8.65. The molecule has 1 heterocycles. The minimum absolute atomic E-state index is 0.139. The van der Waals surface area contributed by atoms with E-state index >= 15 is 0 Å².